The van der Waals surface area contributed by atoms with E-state index in [9.17, 15) is 9.90 Å². The first-order valence-corrected chi connectivity index (χ1v) is 5.32. The van der Waals surface area contributed by atoms with Gasteiger partial charge in [0.25, 0.3) is 0 Å². The first kappa shape index (κ1) is 10.8. The fourth-order valence-corrected chi connectivity index (χ4v) is 1.77. The van der Waals surface area contributed by atoms with Gasteiger partial charge in [-0.15, -0.1) is 0 Å². The number of ether oxygens (including phenoxy) is 2. The Morgan fingerprint density at radius 3 is 3.19 bits per heavy atom. The van der Waals surface area contributed by atoms with Crippen LogP contribution in [0.4, 0.5) is 0 Å². The van der Waals surface area contributed by atoms with Crippen LogP contribution in [0.15, 0.2) is 18.2 Å². The molecule has 0 radical (unpaired) electrons. The average Bonchev–Trinajstić information content (AvgIpc) is 2.28. The van der Waals surface area contributed by atoms with Gasteiger partial charge >= 0.3 is 5.97 Å². The first-order valence-electron chi connectivity index (χ1n) is 5.32. The van der Waals surface area contributed by atoms with Gasteiger partial charge in [-0.3, -0.25) is 4.79 Å². The maximum Gasteiger partial charge on any atom is 0.312 e. The Kier molecular flexibility index (Phi) is 2.99. The highest BCUT2D eigenvalue weighted by atomic mass is 16.5. The lowest BCUT2D eigenvalue weighted by Gasteiger charge is -2.23. The molecule has 1 aliphatic heterocycles. The molecular formula is C12H14O4. The number of phenols is 1. The third-order valence-corrected chi connectivity index (χ3v) is 2.58. The van der Waals surface area contributed by atoms with Crippen molar-refractivity contribution in [3.63, 3.8) is 0 Å². The van der Waals surface area contributed by atoms with Crippen molar-refractivity contribution in [2.75, 3.05) is 13.2 Å². The summed E-state index contributed by atoms with van der Waals surface area (Å²) >= 11 is 0. The molecule has 1 aliphatic rings. The van der Waals surface area contributed by atoms with Gasteiger partial charge in [0.2, 0.25) is 0 Å². The average molecular weight is 222 g/mol. The van der Waals surface area contributed by atoms with E-state index in [0.29, 0.717) is 25.4 Å². The van der Waals surface area contributed by atoms with E-state index in [2.05, 4.69) is 0 Å². The summed E-state index contributed by atoms with van der Waals surface area (Å²) in [6.45, 7) is 2.49. The fourth-order valence-electron chi connectivity index (χ4n) is 1.77. The van der Waals surface area contributed by atoms with E-state index < -0.39 is 0 Å². The summed E-state index contributed by atoms with van der Waals surface area (Å²) in [6, 6.07) is 4.93. The number of carbonyl (C=O) groups is 1. The smallest absolute Gasteiger partial charge is 0.312 e. The lowest BCUT2D eigenvalue weighted by atomic mass is 9.97. The molecule has 0 aromatic heterocycles. The molecule has 0 aliphatic carbocycles. The van der Waals surface area contributed by atoms with Crippen LogP contribution in [0.25, 0.3) is 0 Å². The Labute approximate surface area is 93.8 Å². The van der Waals surface area contributed by atoms with E-state index in [-0.39, 0.29) is 17.6 Å². The maximum absolute atomic E-state index is 11.5. The molecular weight excluding hydrogens is 208 g/mol. The summed E-state index contributed by atoms with van der Waals surface area (Å²) in [6.07, 6.45) is 0.606. The Balaban J connectivity index is 2.12. The van der Waals surface area contributed by atoms with E-state index in [1.165, 1.54) is 0 Å². The second-order valence-corrected chi connectivity index (χ2v) is 3.76. The van der Waals surface area contributed by atoms with Crippen molar-refractivity contribution in [1.82, 2.24) is 0 Å². The number of fused-ring (bicyclic) bond motifs is 1. The second kappa shape index (κ2) is 4.43. The molecule has 0 amide bonds. The second-order valence-electron chi connectivity index (χ2n) is 3.76. The third-order valence-electron chi connectivity index (χ3n) is 2.58. The number of benzene rings is 1. The molecule has 4 nitrogen and oxygen atoms in total. The topological polar surface area (TPSA) is 55.8 Å². The van der Waals surface area contributed by atoms with Gasteiger partial charge < -0.3 is 14.6 Å². The Morgan fingerprint density at radius 2 is 2.44 bits per heavy atom. The van der Waals surface area contributed by atoms with E-state index in [0.717, 1.165) is 5.56 Å². The number of esters is 1. The Bertz CT molecular complexity index is 400. The van der Waals surface area contributed by atoms with Crippen molar-refractivity contribution >= 4 is 5.97 Å². The minimum atomic E-state index is -0.239. The number of hydrogen-bond acceptors (Lipinski definition) is 4. The van der Waals surface area contributed by atoms with Gasteiger partial charge in [-0.25, -0.2) is 0 Å². The highest BCUT2D eigenvalue weighted by Gasteiger charge is 2.27. The van der Waals surface area contributed by atoms with Gasteiger partial charge in [0, 0.05) is 6.07 Å². The molecule has 1 aromatic carbocycles. The summed E-state index contributed by atoms with van der Waals surface area (Å²) in [5, 5.41) is 9.28. The highest BCUT2D eigenvalue weighted by Crippen LogP contribution is 2.30. The highest BCUT2D eigenvalue weighted by molar-refractivity contribution is 5.73. The lowest BCUT2D eigenvalue weighted by Crippen LogP contribution is -2.29. The van der Waals surface area contributed by atoms with Crippen LogP contribution in [0.1, 0.15) is 12.5 Å². The monoisotopic (exact) mass is 222 g/mol. The van der Waals surface area contributed by atoms with Crippen LogP contribution in [0, 0.1) is 5.92 Å². The molecule has 0 bridgehead atoms. The molecule has 1 N–H and O–H groups in total. The number of carbonyl (C=O) groups excluding carboxylic acids is 1. The number of hydrogen-bond donors (Lipinski definition) is 1. The predicted molar refractivity (Wildman–Crippen MR) is 57.4 cm³/mol. The first-order chi connectivity index (χ1) is 7.70. The zero-order valence-corrected chi connectivity index (χ0v) is 9.10. The molecule has 1 unspecified atom stereocenters. The minimum Gasteiger partial charge on any atom is -0.508 e. The fraction of sp³-hybridized carbons (Fsp3) is 0.417. The summed E-state index contributed by atoms with van der Waals surface area (Å²) in [5.74, 6) is 0.368. The maximum atomic E-state index is 11.5. The Morgan fingerprint density at radius 1 is 1.62 bits per heavy atom. The number of phenolic OH excluding ortho intramolecular Hbond substituents is 1. The van der Waals surface area contributed by atoms with Gasteiger partial charge in [-0.1, -0.05) is 6.07 Å². The molecule has 0 saturated carbocycles. The molecule has 86 valence electrons. The van der Waals surface area contributed by atoms with Crippen molar-refractivity contribution in [3.8, 4) is 11.5 Å². The van der Waals surface area contributed by atoms with Crippen LogP contribution < -0.4 is 4.74 Å². The van der Waals surface area contributed by atoms with Crippen LogP contribution in [0.3, 0.4) is 0 Å². The molecule has 0 spiro atoms. The standard InChI is InChI=1S/C12H14O4/c1-2-15-12(14)9-5-8-3-4-10(13)6-11(8)16-7-9/h3-4,6,9,13H,2,5,7H2,1H3. The van der Waals surface area contributed by atoms with Crippen molar-refractivity contribution in [2.24, 2.45) is 5.92 Å². The molecule has 1 heterocycles. The zero-order chi connectivity index (χ0) is 11.5. The van der Waals surface area contributed by atoms with Crippen LogP contribution in [0.5, 0.6) is 11.5 Å². The van der Waals surface area contributed by atoms with Crippen molar-refractivity contribution < 1.29 is 19.4 Å². The van der Waals surface area contributed by atoms with E-state index in [4.69, 9.17) is 9.47 Å². The third kappa shape index (κ3) is 2.10. The van der Waals surface area contributed by atoms with Crippen LogP contribution in [0.2, 0.25) is 0 Å². The van der Waals surface area contributed by atoms with Crippen molar-refractivity contribution in [1.29, 1.82) is 0 Å². The van der Waals surface area contributed by atoms with E-state index in [1.807, 2.05) is 0 Å². The van der Waals surface area contributed by atoms with Crippen LogP contribution >= 0.6 is 0 Å². The van der Waals surface area contributed by atoms with Crippen LogP contribution in [-0.2, 0) is 16.0 Å². The van der Waals surface area contributed by atoms with Crippen molar-refractivity contribution in [3.05, 3.63) is 23.8 Å². The van der Waals surface area contributed by atoms with Crippen molar-refractivity contribution in [2.45, 2.75) is 13.3 Å². The molecule has 1 atom stereocenters. The van der Waals surface area contributed by atoms with Gasteiger partial charge in [0.05, 0.1) is 12.5 Å². The summed E-state index contributed by atoms with van der Waals surface area (Å²) in [7, 11) is 0. The van der Waals surface area contributed by atoms with E-state index in [1.54, 1.807) is 25.1 Å². The van der Waals surface area contributed by atoms with Gasteiger partial charge in [0.1, 0.15) is 18.1 Å². The number of aromatic hydroxyl groups is 1. The van der Waals surface area contributed by atoms with Gasteiger partial charge in [-0.2, -0.15) is 0 Å². The lowest BCUT2D eigenvalue weighted by molar-refractivity contribution is -0.149. The van der Waals surface area contributed by atoms with E-state index >= 15 is 0 Å². The zero-order valence-electron chi connectivity index (χ0n) is 9.10. The SMILES string of the molecule is CCOC(=O)C1COc2cc(O)ccc2C1. The summed E-state index contributed by atoms with van der Waals surface area (Å²) in [5.41, 5.74) is 0.933. The molecule has 0 saturated heterocycles. The largest absolute Gasteiger partial charge is 0.508 e. The minimum absolute atomic E-state index is 0.174. The molecule has 16 heavy (non-hydrogen) atoms. The normalized spacial score (nSPS) is 18.4. The summed E-state index contributed by atoms with van der Waals surface area (Å²) in [4.78, 5) is 11.5. The van der Waals surface area contributed by atoms with Gasteiger partial charge in [0.15, 0.2) is 0 Å². The molecule has 4 heteroatoms. The molecule has 1 aromatic rings. The summed E-state index contributed by atoms with van der Waals surface area (Å²) < 4.78 is 10.4. The quantitative estimate of drug-likeness (QED) is 0.770. The predicted octanol–water partition coefficient (Wildman–Crippen LogP) is 1.51. The molecule has 2 rings (SSSR count). The molecule has 0 fully saturated rings. The number of rotatable bonds is 2. The Hall–Kier alpha value is -1.71. The van der Waals surface area contributed by atoms with Crippen LogP contribution in [-0.4, -0.2) is 24.3 Å². The van der Waals surface area contributed by atoms with Gasteiger partial charge in [-0.05, 0) is 25.0 Å².